The molecule has 2 rings (SSSR count). The van der Waals surface area contributed by atoms with Gasteiger partial charge >= 0.3 is 0 Å². The summed E-state index contributed by atoms with van der Waals surface area (Å²) in [7, 11) is 3.57. The van der Waals surface area contributed by atoms with Crippen LogP contribution in [0.1, 0.15) is 24.2 Å². The minimum atomic E-state index is 0.247. The van der Waals surface area contributed by atoms with Crippen LogP contribution >= 0.6 is 0 Å². The largest absolute Gasteiger partial charge is 0.481 e. The molecule has 1 atom stereocenters. The molecule has 0 aliphatic carbocycles. The molecule has 1 unspecified atom stereocenters. The number of rotatable bonds is 5. The Bertz CT molecular complexity index is 509. The molecule has 96 valence electrons. The molecule has 0 aliphatic rings. The molecule has 0 spiro atoms. The van der Waals surface area contributed by atoms with Gasteiger partial charge in [0.2, 0.25) is 5.88 Å². The number of aryl methyl sites for hydroxylation is 1. The third-order valence-corrected chi connectivity index (χ3v) is 2.92. The highest BCUT2D eigenvalue weighted by Gasteiger charge is 2.08. The second-order valence-corrected chi connectivity index (χ2v) is 4.19. The van der Waals surface area contributed by atoms with Crippen molar-refractivity contribution in [3.8, 4) is 5.88 Å². The molecule has 0 aromatic carbocycles. The van der Waals surface area contributed by atoms with E-state index in [1.807, 2.05) is 36.1 Å². The van der Waals surface area contributed by atoms with E-state index >= 15 is 0 Å². The Labute approximate surface area is 107 Å². The standard InChI is InChI=1S/C13H18N4O/c1-10(12-5-7-16-17(12)2)15-9-11-4-6-14-13(8-11)18-3/h4-8,10,15H,9H2,1-3H3. The van der Waals surface area contributed by atoms with Crippen molar-refractivity contribution in [3.63, 3.8) is 0 Å². The minimum absolute atomic E-state index is 0.247. The lowest BCUT2D eigenvalue weighted by Gasteiger charge is -2.14. The monoisotopic (exact) mass is 246 g/mol. The first kappa shape index (κ1) is 12.6. The molecule has 0 aliphatic heterocycles. The summed E-state index contributed by atoms with van der Waals surface area (Å²) in [5.41, 5.74) is 2.31. The fourth-order valence-corrected chi connectivity index (χ4v) is 1.86. The Hall–Kier alpha value is -1.88. The number of hydrogen-bond acceptors (Lipinski definition) is 4. The van der Waals surface area contributed by atoms with Gasteiger partial charge in [-0.2, -0.15) is 5.10 Å². The molecular formula is C13H18N4O. The van der Waals surface area contributed by atoms with Gasteiger partial charge in [0, 0.05) is 38.1 Å². The average molecular weight is 246 g/mol. The van der Waals surface area contributed by atoms with E-state index in [-0.39, 0.29) is 6.04 Å². The highest BCUT2D eigenvalue weighted by molar-refractivity contribution is 5.20. The Morgan fingerprint density at radius 2 is 2.22 bits per heavy atom. The van der Waals surface area contributed by atoms with Crippen molar-refractivity contribution in [2.24, 2.45) is 7.05 Å². The number of aromatic nitrogens is 3. The molecule has 2 aromatic heterocycles. The Morgan fingerprint density at radius 3 is 2.89 bits per heavy atom. The van der Waals surface area contributed by atoms with E-state index in [4.69, 9.17) is 4.74 Å². The molecule has 18 heavy (non-hydrogen) atoms. The van der Waals surface area contributed by atoms with Crippen LogP contribution < -0.4 is 10.1 Å². The summed E-state index contributed by atoms with van der Waals surface area (Å²) in [6.07, 6.45) is 3.56. The summed E-state index contributed by atoms with van der Waals surface area (Å²) in [6.45, 7) is 2.89. The highest BCUT2D eigenvalue weighted by Crippen LogP contribution is 2.13. The van der Waals surface area contributed by atoms with E-state index in [0.717, 1.165) is 17.8 Å². The van der Waals surface area contributed by atoms with Crippen LogP contribution in [-0.2, 0) is 13.6 Å². The Morgan fingerprint density at radius 1 is 1.39 bits per heavy atom. The molecule has 2 heterocycles. The number of hydrogen-bond donors (Lipinski definition) is 1. The van der Waals surface area contributed by atoms with Gasteiger partial charge in [-0.05, 0) is 24.6 Å². The van der Waals surface area contributed by atoms with Gasteiger partial charge in [-0.25, -0.2) is 4.98 Å². The van der Waals surface area contributed by atoms with Crippen molar-refractivity contribution in [1.82, 2.24) is 20.1 Å². The first-order valence-corrected chi connectivity index (χ1v) is 5.91. The van der Waals surface area contributed by atoms with Crippen molar-refractivity contribution >= 4 is 0 Å². The first-order valence-electron chi connectivity index (χ1n) is 5.91. The van der Waals surface area contributed by atoms with Crippen molar-refractivity contribution in [2.45, 2.75) is 19.5 Å². The summed E-state index contributed by atoms with van der Waals surface area (Å²) in [5.74, 6) is 0.641. The van der Waals surface area contributed by atoms with Crippen LogP contribution in [0.2, 0.25) is 0 Å². The van der Waals surface area contributed by atoms with Crippen molar-refractivity contribution < 1.29 is 4.74 Å². The SMILES string of the molecule is COc1cc(CNC(C)c2ccnn2C)ccn1. The lowest BCUT2D eigenvalue weighted by Crippen LogP contribution is -2.20. The molecule has 0 radical (unpaired) electrons. The van der Waals surface area contributed by atoms with E-state index in [0.29, 0.717) is 5.88 Å². The third kappa shape index (κ3) is 2.87. The van der Waals surface area contributed by atoms with Gasteiger partial charge in [0.1, 0.15) is 0 Å². The number of nitrogens with one attached hydrogen (secondary N) is 1. The third-order valence-electron chi connectivity index (χ3n) is 2.92. The number of nitrogens with zero attached hydrogens (tertiary/aromatic N) is 3. The molecule has 0 amide bonds. The van der Waals surface area contributed by atoms with Gasteiger partial charge in [0.15, 0.2) is 0 Å². The van der Waals surface area contributed by atoms with Gasteiger partial charge in [-0.1, -0.05) is 0 Å². The normalized spacial score (nSPS) is 12.4. The van der Waals surface area contributed by atoms with Crippen LogP contribution in [-0.4, -0.2) is 21.9 Å². The molecule has 0 saturated heterocycles. The zero-order valence-electron chi connectivity index (χ0n) is 10.9. The Kier molecular flexibility index (Phi) is 3.94. The van der Waals surface area contributed by atoms with Crippen LogP contribution in [0.15, 0.2) is 30.6 Å². The smallest absolute Gasteiger partial charge is 0.213 e. The van der Waals surface area contributed by atoms with Gasteiger partial charge in [-0.15, -0.1) is 0 Å². The minimum Gasteiger partial charge on any atom is -0.481 e. The lowest BCUT2D eigenvalue weighted by molar-refractivity contribution is 0.396. The first-order chi connectivity index (χ1) is 8.70. The highest BCUT2D eigenvalue weighted by atomic mass is 16.5. The number of pyridine rings is 1. The van der Waals surface area contributed by atoms with Crippen LogP contribution in [0.25, 0.3) is 0 Å². The van der Waals surface area contributed by atoms with Crippen LogP contribution in [0.5, 0.6) is 5.88 Å². The van der Waals surface area contributed by atoms with Gasteiger partial charge < -0.3 is 10.1 Å². The van der Waals surface area contributed by atoms with Crippen LogP contribution in [0.3, 0.4) is 0 Å². The summed E-state index contributed by atoms with van der Waals surface area (Å²) < 4.78 is 6.98. The van der Waals surface area contributed by atoms with E-state index < -0.39 is 0 Å². The summed E-state index contributed by atoms with van der Waals surface area (Å²) in [6, 6.07) is 6.18. The topological polar surface area (TPSA) is 52.0 Å². The molecule has 5 nitrogen and oxygen atoms in total. The molecule has 0 fully saturated rings. The molecule has 2 aromatic rings. The van der Waals surface area contributed by atoms with E-state index in [9.17, 15) is 0 Å². The maximum atomic E-state index is 5.10. The predicted molar refractivity (Wildman–Crippen MR) is 69.3 cm³/mol. The maximum absolute atomic E-state index is 5.10. The fraction of sp³-hybridized carbons (Fsp3) is 0.385. The second kappa shape index (κ2) is 5.64. The second-order valence-electron chi connectivity index (χ2n) is 4.19. The average Bonchev–Trinajstić information content (AvgIpc) is 2.82. The summed E-state index contributed by atoms with van der Waals surface area (Å²) in [5, 5.41) is 7.62. The quantitative estimate of drug-likeness (QED) is 0.872. The maximum Gasteiger partial charge on any atom is 0.213 e. The van der Waals surface area contributed by atoms with Crippen LogP contribution in [0.4, 0.5) is 0 Å². The molecule has 1 N–H and O–H groups in total. The van der Waals surface area contributed by atoms with Gasteiger partial charge in [-0.3, -0.25) is 4.68 Å². The molecule has 0 bridgehead atoms. The summed E-state index contributed by atoms with van der Waals surface area (Å²) >= 11 is 0. The van der Waals surface area contributed by atoms with E-state index in [1.54, 1.807) is 13.3 Å². The predicted octanol–water partition coefficient (Wildman–Crippen LogP) is 1.67. The van der Waals surface area contributed by atoms with E-state index in [1.165, 1.54) is 0 Å². The molecule has 5 heteroatoms. The summed E-state index contributed by atoms with van der Waals surface area (Å²) in [4.78, 5) is 4.08. The lowest BCUT2D eigenvalue weighted by atomic mass is 10.2. The van der Waals surface area contributed by atoms with Crippen molar-refractivity contribution in [1.29, 1.82) is 0 Å². The van der Waals surface area contributed by atoms with Gasteiger partial charge in [0.25, 0.3) is 0 Å². The molecular weight excluding hydrogens is 228 g/mol. The number of methoxy groups -OCH3 is 1. The Balaban J connectivity index is 1.97. The van der Waals surface area contributed by atoms with Gasteiger partial charge in [0.05, 0.1) is 12.8 Å². The molecule has 0 saturated carbocycles. The van der Waals surface area contributed by atoms with Crippen molar-refractivity contribution in [3.05, 3.63) is 41.9 Å². The van der Waals surface area contributed by atoms with Crippen LogP contribution in [0, 0.1) is 0 Å². The van der Waals surface area contributed by atoms with Crippen molar-refractivity contribution in [2.75, 3.05) is 7.11 Å². The number of ether oxygens (including phenoxy) is 1. The zero-order chi connectivity index (χ0) is 13.0. The fourth-order valence-electron chi connectivity index (χ4n) is 1.86. The van der Waals surface area contributed by atoms with E-state index in [2.05, 4.69) is 22.3 Å². The zero-order valence-corrected chi connectivity index (χ0v) is 10.9.